The maximum absolute atomic E-state index is 12.8. The molecule has 1 aliphatic rings. The summed E-state index contributed by atoms with van der Waals surface area (Å²) in [5, 5.41) is 14.5. The second kappa shape index (κ2) is 8.32. The molecule has 5 rings (SSSR count). The fourth-order valence-electron chi connectivity index (χ4n) is 3.77. The Bertz CT molecular complexity index is 1300. The van der Waals surface area contributed by atoms with Crippen LogP contribution < -0.4 is 5.32 Å². The van der Waals surface area contributed by atoms with Gasteiger partial charge in [0.05, 0.1) is 5.75 Å². The summed E-state index contributed by atoms with van der Waals surface area (Å²) in [7, 11) is 0. The van der Waals surface area contributed by atoms with Crippen LogP contribution in [0.1, 0.15) is 22.3 Å². The molecule has 1 aromatic heterocycles. The van der Waals surface area contributed by atoms with Crippen LogP contribution in [0.15, 0.2) is 77.8 Å². The number of fused-ring (bicyclic) bond motifs is 2. The van der Waals surface area contributed by atoms with Gasteiger partial charge in [-0.1, -0.05) is 66.4 Å². The number of ketones is 1. The number of carbonyl (C=O) groups excluding carboxylic acids is 2. The van der Waals surface area contributed by atoms with Crippen LogP contribution in [-0.4, -0.2) is 27.6 Å². The van der Waals surface area contributed by atoms with Gasteiger partial charge in [0, 0.05) is 34.0 Å². The number of aryl methyl sites for hydroxylation is 1. The van der Waals surface area contributed by atoms with Crippen molar-refractivity contribution in [2.24, 2.45) is 0 Å². The zero-order valence-corrected chi connectivity index (χ0v) is 17.5. The zero-order valence-electron chi connectivity index (χ0n) is 16.7. The second-order valence-electron chi connectivity index (χ2n) is 7.40. The number of amides is 1. The summed E-state index contributed by atoms with van der Waals surface area (Å²) in [6.07, 6.45) is 1.11. The van der Waals surface area contributed by atoms with Crippen molar-refractivity contribution in [3.05, 3.63) is 83.9 Å². The number of nitrogens with one attached hydrogen (secondary N) is 1. The van der Waals surface area contributed by atoms with E-state index in [1.807, 2.05) is 66.7 Å². The van der Waals surface area contributed by atoms with Gasteiger partial charge in [-0.25, -0.2) is 0 Å². The molecule has 0 aliphatic carbocycles. The number of hydrogen-bond acceptors (Lipinski definition) is 5. The highest BCUT2D eigenvalue weighted by Gasteiger charge is 2.18. The normalized spacial score (nSPS) is 13.0. The van der Waals surface area contributed by atoms with Crippen molar-refractivity contribution in [2.75, 3.05) is 11.1 Å². The Morgan fingerprint density at radius 1 is 0.903 bits per heavy atom. The maximum atomic E-state index is 12.8. The monoisotopic (exact) mass is 425 g/mol. The Labute approximate surface area is 183 Å². The van der Waals surface area contributed by atoms with E-state index in [0.717, 1.165) is 38.3 Å². The van der Waals surface area contributed by atoms with Gasteiger partial charge in [0.1, 0.15) is 10.7 Å². The van der Waals surface area contributed by atoms with Crippen LogP contribution in [0.5, 0.6) is 0 Å². The van der Waals surface area contributed by atoms with E-state index in [4.69, 9.17) is 0 Å². The lowest BCUT2D eigenvalue weighted by molar-refractivity contribution is -0.116. The maximum Gasteiger partial charge on any atom is 0.224 e. The molecule has 1 amide bonds. The first-order valence-electron chi connectivity index (χ1n) is 10.1. The first-order valence-corrected chi connectivity index (χ1v) is 11.1. The van der Waals surface area contributed by atoms with Crippen molar-refractivity contribution in [3.63, 3.8) is 0 Å². The van der Waals surface area contributed by atoms with Crippen molar-refractivity contribution in [1.82, 2.24) is 10.2 Å². The predicted molar refractivity (Wildman–Crippen MR) is 123 cm³/mol. The zero-order chi connectivity index (χ0) is 21.2. The first-order chi connectivity index (χ1) is 15.2. The molecule has 0 saturated heterocycles. The molecule has 0 bridgehead atoms. The molecule has 5 nitrogen and oxygen atoms in total. The predicted octanol–water partition coefficient (Wildman–Crippen LogP) is 5.16. The van der Waals surface area contributed by atoms with Crippen molar-refractivity contribution >= 4 is 39.9 Å². The third-order valence-corrected chi connectivity index (χ3v) is 6.34. The fourth-order valence-corrected chi connectivity index (χ4v) is 4.64. The topological polar surface area (TPSA) is 72.0 Å². The Kier molecular flexibility index (Phi) is 5.22. The summed E-state index contributed by atoms with van der Waals surface area (Å²) in [5.74, 6) is 0.323. The van der Waals surface area contributed by atoms with E-state index in [-0.39, 0.29) is 17.4 Å². The van der Waals surface area contributed by atoms with Gasteiger partial charge >= 0.3 is 0 Å². The Balaban J connectivity index is 1.39. The van der Waals surface area contributed by atoms with Crippen LogP contribution in [-0.2, 0) is 11.2 Å². The highest BCUT2D eigenvalue weighted by molar-refractivity contribution is 8.00. The van der Waals surface area contributed by atoms with Crippen LogP contribution in [0.25, 0.3) is 22.0 Å². The number of nitrogens with zero attached hydrogens (tertiary/aromatic N) is 2. The van der Waals surface area contributed by atoms with Crippen molar-refractivity contribution < 1.29 is 9.59 Å². The summed E-state index contributed by atoms with van der Waals surface area (Å²) in [5.41, 5.74) is 4.31. The number of thioether (sulfide) groups is 1. The standard InChI is InChI=1S/C25H19N3O2S/c29-22(18-10-12-21-17(14-18)11-13-23(30)26-21)15-31-25-20-9-5-4-8-19(20)24(27-28-25)16-6-2-1-3-7-16/h1-10,12,14H,11,13,15H2,(H,26,30). The summed E-state index contributed by atoms with van der Waals surface area (Å²) >= 11 is 1.40. The SMILES string of the molecule is O=C1CCc2cc(C(=O)CSc3nnc(-c4ccccc4)c4ccccc34)ccc2N1. The molecule has 0 atom stereocenters. The Morgan fingerprint density at radius 3 is 2.52 bits per heavy atom. The number of hydrogen-bond donors (Lipinski definition) is 1. The molecular formula is C25H19N3O2S. The van der Waals surface area contributed by atoms with Crippen molar-refractivity contribution in [3.8, 4) is 11.3 Å². The van der Waals surface area contributed by atoms with E-state index in [1.54, 1.807) is 6.07 Å². The molecule has 2 heterocycles. The minimum absolute atomic E-state index is 0.0199. The molecule has 31 heavy (non-hydrogen) atoms. The van der Waals surface area contributed by atoms with Gasteiger partial charge in [0.15, 0.2) is 5.78 Å². The molecule has 4 aromatic rings. The van der Waals surface area contributed by atoms with Crippen molar-refractivity contribution in [2.45, 2.75) is 17.9 Å². The Morgan fingerprint density at radius 2 is 1.68 bits per heavy atom. The quantitative estimate of drug-likeness (QED) is 0.353. The van der Waals surface area contributed by atoms with Crippen LogP contribution in [0, 0.1) is 0 Å². The summed E-state index contributed by atoms with van der Waals surface area (Å²) in [6, 6.07) is 23.5. The number of anilines is 1. The van der Waals surface area contributed by atoms with Gasteiger partial charge in [-0.3, -0.25) is 9.59 Å². The van der Waals surface area contributed by atoms with Crippen molar-refractivity contribution in [1.29, 1.82) is 0 Å². The largest absolute Gasteiger partial charge is 0.326 e. The van der Waals surface area contributed by atoms with Crippen LogP contribution in [0.4, 0.5) is 5.69 Å². The van der Waals surface area contributed by atoms with Crippen LogP contribution in [0.3, 0.4) is 0 Å². The molecule has 6 heteroatoms. The van der Waals surface area contributed by atoms with Gasteiger partial charge < -0.3 is 5.32 Å². The molecule has 0 radical (unpaired) electrons. The van der Waals surface area contributed by atoms with Crippen LogP contribution in [0.2, 0.25) is 0 Å². The molecule has 3 aromatic carbocycles. The van der Waals surface area contributed by atoms with Gasteiger partial charge in [-0.05, 0) is 30.2 Å². The molecule has 1 aliphatic heterocycles. The average Bonchev–Trinajstić information content (AvgIpc) is 2.82. The minimum Gasteiger partial charge on any atom is -0.326 e. The first kappa shape index (κ1) is 19.5. The minimum atomic E-state index is 0.0199. The van der Waals surface area contributed by atoms with Gasteiger partial charge in [0.2, 0.25) is 5.91 Å². The number of Topliss-reactive ketones (excluding diaryl/α,β-unsaturated/α-hetero) is 1. The third-order valence-electron chi connectivity index (χ3n) is 5.36. The van der Waals surface area contributed by atoms with Gasteiger partial charge in [0.25, 0.3) is 0 Å². The van der Waals surface area contributed by atoms with Gasteiger partial charge in [-0.15, -0.1) is 10.2 Å². The van der Waals surface area contributed by atoms with E-state index in [2.05, 4.69) is 15.5 Å². The average molecular weight is 426 g/mol. The van der Waals surface area contributed by atoms with Crippen LogP contribution >= 0.6 is 11.8 Å². The third kappa shape index (κ3) is 3.94. The lowest BCUT2D eigenvalue weighted by Gasteiger charge is -2.17. The van der Waals surface area contributed by atoms with E-state index in [0.29, 0.717) is 18.4 Å². The summed E-state index contributed by atoms with van der Waals surface area (Å²) < 4.78 is 0. The number of carbonyl (C=O) groups is 2. The molecule has 1 N–H and O–H groups in total. The molecular weight excluding hydrogens is 406 g/mol. The lowest BCUT2D eigenvalue weighted by Crippen LogP contribution is -2.19. The highest BCUT2D eigenvalue weighted by atomic mass is 32.2. The summed E-state index contributed by atoms with van der Waals surface area (Å²) in [6.45, 7) is 0. The molecule has 0 unspecified atom stereocenters. The highest BCUT2D eigenvalue weighted by Crippen LogP contribution is 2.32. The molecule has 0 fully saturated rings. The number of aromatic nitrogens is 2. The lowest BCUT2D eigenvalue weighted by atomic mass is 9.99. The molecule has 0 saturated carbocycles. The molecule has 152 valence electrons. The van der Waals surface area contributed by atoms with E-state index >= 15 is 0 Å². The Hall–Kier alpha value is -3.51. The van der Waals surface area contributed by atoms with Gasteiger partial charge in [-0.2, -0.15) is 0 Å². The molecule has 0 spiro atoms. The summed E-state index contributed by atoms with van der Waals surface area (Å²) in [4.78, 5) is 24.4. The fraction of sp³-hybridized carbons (Fsp3) is 0.120. The van der Waals surface area contributed by atoms with E-state index < -0.39 is 0 Å². The second-order valence-corrected chi connectivity index (χ2v) is 8.36. The van der Waals surface area contributed by atoms with E-state index in [9.17, 15) is 9.59 Å². The van der Waals surface area contributed by atoms with E-state index in [1.165, 1.54) is 11.8 Å². The smallest absolute Gasteiger partial charge is 0.224 e. The number of benzene rings is 3. The number of rotatable bonds is 5.